The van der Waals surface area contributed by atoms with Gasteiger partial charge in [0.05, 0.1) is 13.2 Å². The third-order valence-corrected chi connectivity index (χ3v) is 4.63. The van der Waals surface area contributed by atoms with Crippen molar-refractivity contribution in [2.24, 2.45) is 5.92 Å². The largest absolute Gasteiger partial charge is 0.347 e. The lowest BCUT2D eigenvalue weighted by Gasteiger charge is -2.37. The van der Waals surface area contributed by atoms with Crippen LogP contribution in [0.2, 0.25) is 0 Å². The molecular weight excluding hydrogens is 230 g/mol. The van der Waals surface area contributed by atoms with E-state index in [4.69, 9.17) is 9.47 Å². The first-order valence-electron chi connectivity index (χ1n) is 7.33. The summed E-state index contributed by atoms with van der Waals surface area (Å²) in [5.41, 5.74) is 0. The maximum Gasteiger partial charge on any atom is 0.222 e. The van der Waals surface area contributed by atoms with Crippen LogP contribution in [0.3, 0.4) is 0 Å². The van der Waals surface area contributed by atoms with Crippen molar-refractivity contribution in [3.63, 3.8) is 0 Å². The van der Waals surface area contributed by atoms with E-state index in [1.807, 2.05) is 4.90 Å². The Morgan fingerprint density at radius 3 is 2.33 bits per heavy atom. The predicted octanol–water partition coefficient (Wildman–Crippen LogP) is 1.93. The molecule has 2 heterocycles. The lowest BCUT2D eigenvalue weighted by molar-refractivity contribution is -0.187. The average molecular weight is 253 g/mol. The van der Waals surface area contributed by atoms with Crippen molar-refractivity contribution in [3.8, 4) is 0 Å². The molecule has 18 heavy (non-hydrogen) atoms. The minimum Gasteiger partial charge on any atom is -0.347 e. The van der Waals surface area contributed by atoms with Gasteiger partial charge in [0, 0.05) is 32.4 Å². The highest BCUT2D eigenvalue weighted by atomic mass is 16.7. The molecule has 0 aromatic carbocycles. The molecule has 0 bridgehead atoms. The highest BCUT2D eigenvalue weighted by Crippen LogP contribution is 2.33. The topological polar surface area (TPSA) is 38.8 Å². The third kappa shape index (κ3) is 2.54. The molecular formula is C14H23NO3. The van der Waals surface area contributed by atoms with E-state index in [0.29, 0.717) is 25.0 Å². The molecule has 0 aromatic heterocycles. The fraction of sp³-hybridized carbons (Fsp3) is 0.929. The van der Waals surface area contributed by atoms with Crippen LogP contribution in [0, 0.1) is 5.92 Å². The van der Waals surface area contributed by atoms with Crippen molar-refractivity contribution in [2.75, 3.05) is 26.3 Å². The number of nitrogens with zero attached hydrogens (tertiary/aromatic N) is 1. The molecule has 1 aliphatic carbocycles. The molecule has 2 saturated heterocycles. The van der Waals surface area contributed by atoms with Crippen LogP contribution in [-0.4, -0.2) is 42.9 Å². The number of likely N-dealkylation sites (tertiary alicyclic amines) is 1. The summed E-state index contributed by atoms with van der Waals surface area (Å²) in [5, 5.41) is 0. The number of carbonyl (C=O) groups excluding carboxylic acids is 1. The van der Waals surface area contributed by atoms with Crippen LogP contribution in [0.25, 0.3) is 0 Å². The van der Waals surface area contributed by atoms with Gasteiger partial charge >= 0.3 is 0 Å². The molecule has 0 N–H and O–H groups in total. The van der Waals surface area contributed by atoms with Crippen molar-refractivity contribution in [1.82, 2.24) is 4.90 Å². The van der Waals surface area contributed by atoms with Gasteiger partial charge in [-0.25, -0.2) is 0 Å². The summed E-state index contributed by atoms with van der Waals surface area (Å²) in [6, 6.07) is 0. The molecule has 1 spiro atoms. The molecule has 0 aromatic rings. The van der Waals surface area contributed by atoms with E-state index >= 15 is 0 Å². The smallest absolute Gasteiger partial charge is 0.222 e. The number of piperidine rings is 1. The van der Waals surface area contributed by atoms with Crippen molar-refractivity contribution in [2.45, 2.75) is 50.7 Å². The van der Waals surface area contributed by atoms with Crippen molar-refractivity contribution in [3.05, 3.63) is 0 Å². The zero-order chi connectivity index (χ0) is 12.4. The van der Waals surface area contributed by atoms with Gasteiger partial charge in [0.1, 0.15) is 0 Å². The fourth-order valence-corrected chi connectivity index (χ4v) is 3.47. The SMILES string of the molecule is O=C(CC1CCCC1)N1CCC2(CC1)OCCO2. The molecule has 0 atom stereocenters. The second-order valence-electron chi connectivity index (χ2n) is 5.84. The first-order chi connectivity index (χ1) is 8.77. The van der Waals surface area contributed by atoms with Crippen LogP contribution in [0.4, 0.5) is 0 Å². The standard InChI is InChI=1S/C14H23NO3/c16-13(11-12-3-1-2-4-12)15-7-5-14(6-8-15)17-9-10-18-14/h12H,1-11H2. The van der Waals surface area contributed by atoms with Gasteiger partial charge in [-0.3, -0.25) is 4.79 Å². The van der Waals surface area contributed by atoms with Crippen LogP contribution in [0.5, 0.6) is 0 Å². The fourth-order valence-electron chi connectivity index (χ4n) is 3.47. The first-order valence-corrected chi connectivity index (χ1v) is 7.33. The predicted molar refractivity (Wildman–Crippen MR) is 67.0 cm³/mol. The minimum atomic E-state index is -0.357. The molecule has 4 nitrogen and oxygen atoms in total. The third-order valence-electron chi connectivity index (χ3n) is 4.63. The average Bonchev–Trinajstić information content (AvgIpc) is 3.03. The Morgan fingerprint density at radius 1 is 1.11 bits per heavy atom. The molecule has 4 heteroatoms. The lowest BCUT2D eigenvalue weighted by Crippen LogP contribution is -2.47. The Labute approximate surface area is 109 Å². The molecule has 0 unspecified atom stereocenters. The van der Waals surface area contributed by atoms with E-state index in [1.54, 1.807) is 0 Å². The summed E-state index contributed by atoms with van der Waals surface area (Å²) in [7, 11) is 0. The van der Waals surface area contributed by atoms with Gasteiger partial charge in [0.2, 0.25) is 5.91 Å². The van der Waals surface area contributed by atoms with Crippen molar-refractivity contribution >= 4 is 5.91 Å². The Kier molecular flexibility index (Phi) is 3.57. The summed E-state index contributed by atoms with van der Waals surface area (Å²) in [6.07, 6.45) is 7.54. The number of rotatable bonds is 2. The summed E-state index contributed by atoms with van der Waals surface area (Å²) in [4.78, 5) is 14.2. The number of carbonyl (C=O) groups is 1. The number of hydrogen-bond acceptors (Lipinski definition) is 3. The maximum atomic E-state index is 12.2. The second kappa shape index (κ2) is 5.17. The maximum absolute atomic E-state index is 12.2. The van der Waals surface area contributed by atoms with Gasteiger partial charge < -0.3 is 14.4 Å². The van der Waals surface area contributed by atoms with Gasteiger partial charge in [-0.2, -0.15) is 0 Å². The van der Waals surface area contributed by atoms with E-state index in [1.165, 1.54) is 25.7 Å². The van der Waals surface area contributed by atoms with E-state index < -0.39 is 0 Å². The summed E-state index contributed by atoms with van der Waals surface area (Å²) in [5.74, 6) is 0.631. The Bertz CT molecular complexity index is 296. The molecule has 102 valence electrons. The van der Waals surface area contributed by atoms with Crippen molar-refractivity contribution < 1.29 is 14.3 Å². The Morgan fingerprint density at radius 2 is 1.72 bits per heavy atom. The molecule has 0 radical (unpaired) electrons. The van der Waals surface area contributed by atoms with Gasteiger partial charge in [-0.05, 0) is 18.8 Å². The molecule has 3 aliphatic rings. The molecule has 3 fully saturated rings. The highest BCUT2D eigenvalue weighted by Gasteiger charge is 2.40. The van der Waals surface area contributed by atoms with Crippen LogP contribution in [0.1, 0.15) is 44.9 Å². The molecule has 3 rings (SSSR count). The van der Waals surface area contributed by atoms with E-state index in [9.17, 15) is 4.79 Å². The molecule has 1 amide bonds. The van der Waals surface area contributed by atoms with Gasteiger partial charge in [-0.1, -0.05) is 12.8 Å². The Balaban J connectivity index is 1.48. The molecule has 2 aliphatic heterocycles. The number of amides is 1. The molecule has 1 saturated carbocycles. The minimum absolute atomic E-state index is 0.342. The zero-order valence-electron chi connectivity index (χ0n) is 11.0. The van der Waals surface area contributed by atoms with Crippen LogP contribution in [0.15, 0.2) is 0 Å². The normalized spacial score (nSPS) is 28.1. The van der Waals surface area contributed by atoms with Crippen LogP contribution >= 0.6 is 0 Å². The quantitative estimate of drug-likeness (QED) is 0.755. The number of ether oxygens (including phenoxy) is 2. The highest BCUT2D eigenvalue weighted by molar-refractivity contribution is 5.76. The van der Waals surface area contributed by atoms with E-state index in [-0.39, 0.29) is 5.79 Å². The Hall–Kier alpha value is -0.610. The summed E-state index contributed by atoms with van der Waals surface area (Å²) < 4.78 is 11.4. The van der Waals surface area contributed by atoms with Crippen LogP contribution < -0.4 is 0 Å². The van der Waals surface area contributed by atoms with Crippen LogP contribution in [-0.2, 0) is 14.3 Å². The zero-order valence-corrected chi connectivity index (χ0v) is 11.0. The van der Waals surface area contributed by atoms with Gasteiger partial charge in [-0.15, -0.1) is 0 Å². The van der Waals surface area contributed by atoms with Gasteiger partial charge in [0.15, 0.2) is 5.79 Å². The second-order valence-corrected chi connectivity index (χ2v) is 5.84. The lowest BCUT2D eigenvalue weighted by atomic mass is 10.00. The summed E-state index contributed by atoms with van der Waals surface area (Å²) >= 11 is 0. The van der Waals surface area contributed by atoms with Gasteiger partial charge in [0.25, 0.3) is 0 Å². The van der Waals surface area contributed by atoms with Crippen molar-refractivity contribution in [1.29, 1.82) is 0 Å². The van der Waals surface area contributed by atoms with E-state index in [0.717, 1.165) is 32.4 Å². The first kappa shape index (κ1) is 12.4. The van der Waals surface area contributed by atoms with E-state index in [2.05, 4.69) is 0 Å². The monoisotopic (exact) mass is 253 g/mol. The summed E-state index contributed by atoms with van der Waals surface area (Å²) in [6.45, 7) is 3.00. The number of hydrogen-bond donors (Lipinski definition) is 0.